The molecule has 0 bridgehead atoms. The average Bonchev–Trinajstić information content (AvgIpc) is 2.62. The van der Waals surface area contributed by atoms with Gasteiger partial charge in [-0.1, -0.05) is 11.6 Å². The van der Waals surface area contributed by atoms with Crippen molar-refractivity contribution in [1.82, 2.24) is 10.0 Å². The molecule has 0 aliphatic carbocycles. The van der Waals surface area contributed by atoms with Gasteiger partial charge in [-0.2, -0.15) is 0 Å². The van der Waals surface area contributed by atoms with Gasteiger partial charge >= 0.3 is 0 Å². The molecule has 11 heteroatoms. The molecular weight excluding hydrogens is 438 g/mol. The zero-order chi connectivity index (χ0) is 21.6. The molecule has 29 heavy (non-hydrogen) atoms. The molecule has 0 saturated carbocycles. The molecule has 3 N–H and O–H groups in total. The van der Waals surface area contributed by atoms with Crippen molar-refractivity contribution in [1.29, 1.82) is 0 Å². The number of amides is 2. The molecule has 0 spiro atoms. The molecule has 0 heterocycles. The number of carbonyl (C=O) groups excluding carboxylic acids is 2. The SMILES string of the molecule is CCOc1ccc(C(=O)NC(=S)Nc2ccc(S(=O)(=O)NC(C)=O)cc2)cc1Cl. The van der Waals surface area contributed by atoms with Gasteiger partial charge in [0.15, 0.2) is 5.11 Å². The van der Waals surface area contributed by atoms with Gasteiger partial charge in [-0.15, -0.1) is 0 Å². The molecular formula is C18H18ClN3O5S2. The van der Waals surface area contributed by atoms with Crippen molar-refractivity contribution in [3.63, 3.8) is 0 Å². The number of benzene rings is 2. The minimum Gasteiger partial charge on any atom is -0.492 e. The normalized spacial score (nSPS) is 10.7. The number of hydrogen-bond acceptors (Lipinski definition) is 6. The molecule has 0 aromatic heterocycles. The molecule has 2 aromatic carbocycles. The first-order valence-corrected chi connectivity index (χ1v) is 10.6. The van der Waals surface area contributed by atoms with E-state index in [0.29, 0.717) is 28.6 Å². The minimum atomic E-state index is -3.92. The lowest BCUT2D eigenvalue weighted by Gasteiger charge is -2.11. The zero-order valence-electron chi connectivity index (χ0n) is 15.5. The average molecular weight is 456 g/mol. The predicted octanol–water partition coefficient (Wildman–Crippen LogP) is 2.69. The van der Waals surface area contributed by atoms with E-state index in [1.165, 1.54) is 30.3 Å². The van der Waals surface area contributed by atoms with Crippen LogP contribution in [0.2, 0.25) is 5.02 Å². The number of thiocarbonyl (C=S) groups is 1. The lowest BCUT2D eigenvalue weighted by atomic mass is 10.2. The number of anilines is 1. The van der Waals surface area contributed by atoms with E-state index in [2.05, 4.69) is 10.6 Å². The molecule has 0 radical (unpaired) electrons. The van der Waals surface area contributed by atoms with Gasteiger partial charge in [-0.25, -0.2) is 13.1 Å². The van der Waals surface area contributed by atoms with Crippen molar-refractivity contribution in [3.8, 4) is 5.75 Å². The van der Waals surface area contributed by atoms with E-state index in [4.69, 9.17) is 28.6 Å². The van der Waals surface area contributed by atoms with Crippen LogP contribution in [0.1, 0.15) is 24.2 Å². The standard InChI is InChI=1S/C18H18ClN3O5S2/c1-3-27-16-9-4-12(10-15(16)19)17(24)21-18(28)20-13-5-7-14(8-6-13)29(25,26)22-11(2)23/h4-10H,3H2,1-2H3,(H,22,23)(H2,20,21,24,28). The molecule has 0 unspecified atom stereocenters. The molecule has 0 fully saturated rings. The second-order valence-corrected chi connectivity index (χ2v) is 8.17. The lowest BCUT2D eigenvalue weighted by Crippen LogP contribution is -2.34. The van der Waals surface area contributed by atoms with Gasteiger partial charge in [0.25, 0.3) is 15.9 Å². The van der Waals surface area contributed by atoms with Crippen molar-refractivity contribution in [2.24, 2.45) is 0 Å². The van der Waals surface area contributed by atoms with Gasteiger partial charge in [0.2, 0.25) is 5.91 Å². The second kappa shape index (κ2) is 9.68. The summed E-state index contributed by atoms with van der Waals surface area (Å²) in [6, 6.07) is 10.1. The number of rotatable bonds is 6. The van der Waals surface area contributed by atoms with E-state index < -0.39 is 21.8 Å². The van der Waals surface area contributed by atoms with Crippen LogP contribution in [0.3, 0.4) is 0 Å². The first kappa shape index (κ1) is 22.6. The Morgan fingerprint density at radius 3 is 2.34 bits per heavy atom. The number of ether oxygens (including phenoxy) is 1. The minimum absolute atomic E-state index is 0.0116. The zero-order valence-corrected chi connectivity index (χ0v) is 17.9. The number of sulfonamides is 1. The largest absolute Gasteiger partial charge is 0.492 e. The van der Waals surface area contributed by atoms with E-state index in [1.807, 2.05) is 11.6 Å². The maximum atomic E-state index is 12.3. The van der Waals surface area contributed by atoms with Crippen LogP contribution in [-0.2, 0) is 14.8 Å². The third-order valence-electron chi connectivity index (χ3n) is 3.42. The van der Waals surface area contributed by atoms with Gasteiger partial charge in [0, 0.05) is 18.2 Å². The van der Waals surface area contributed by atoms with Gasteiger partial charge in [-0.05, 0) is 61.6 Å². The predicted molar refractivity (Wildman–Crippen MR) is 114 cm³/mol. The summed E-state index contributed by atoms with van der Waals surface area (Å²) in [6.45, 7) is 3.37. The number of carbonyl (C=O) groups is 2. The highest BCUT2D eigenvalue weighted by atomic mass is 35.5. The smallest absolute Gasteiger partial charge is 0.264 e. The quantitative estimate of drug-likeness (QED) is 0.574. The Labute approximate surface area is 178 Å². The molecule has 0 aliphatic heterocycles. The molecule has 154 valence electrons. The summed E-state index contributed by atoms with van der Waals surface area (Å²) in [6.07, 6.45) is 0. The monoisotopic (exact) mass is 455 g/mol. The van der Waals surface area contributed by atoms with Crippen LogP contribution >= 0.6 is 23.8 Å². The van der Waals surface area contributed by atoms with Crippen molar-refractivity contribution in [2.75, 3.05) is 11.9 Å². The fraction of sp³-hybridized carbons (Fsp3) is 0.167. The van der Waals surface area contributed by atoms with Gasteiger partial charge in [0.05, 0.1) is 16.5 Å². The number of halogens is 1. The third-order valence-corrected chi connectivity index (χ3v) is 5.37. The van der Waals surface area contributed by atoms with E-state index in [1.54, 1.807) is 12.1 Å². The summed E-state index contributed by atoms with van der Waals surface area (Å²) in [5.41, 5.74) is 0.737. The molecule has 2 amide bonds. The van der Waals surface area contributed by atoms with Crippen LogP contribution in [0.4, 0.5) is 5.69 Å². The topological polar surface area (TPSA) is 114 Å². The lowest BCUT2D eigenvalue weighted by molar-refractivity contribution is -0.117. The first-order valence-electron chi connectivity index (χ1n) is 8.30. The molecule has 0 saturated heterocycles. The van der Waals surface area contributed by atoms with Crippen molar-refractivity contribution >= 4 is 56.5 Å². The Hall–Kier alpha value is -2.69. The Morgan fingerprint density at radius 2 is 1.79 bits per heavy atom. The third kappa shape index (κ3) is 6.41. The van der Waals surface area contributed by atoms with E-state index in [0.717, 1.165) is 6.92 Å². The fourth-order valence-electron chi connectivity index (χ4n) is 2.22. The van der Waals surface area contributed by atoms with Crippen LogP contribution in [-0.4, -0.2) is 32.0 Å². The number of hydrogen-bond donors (Lipinski definition) is 3. The Kier molecular flexibility index (Phi) is 7.54. The second-order valence-electron chi connectivity index (χ2n) is 5.67. The van der Waals surface area contributed by atoms with Crippen molar-refractivity contribution < 1.29 is 22.7 Å². The van der Waals surface area contributed by atoms with Crippen LogP contribution in [0, 0.1) is 0 Å². The summed E-state index contributed by atoms with van der Waals surface area (Å²) >= 11 is 11.2. The molecule has 2 aromatic rings. The Morgan fingerprint density at radius 1 is 1.14 bits per heavy atom. The molecule has 0 aliphatic rings. The van der Waals surface area contributed by atoms with Crippen LogP contribution in [0.15, 0.2) is 47.4 Å². The highest BCUT2D eigenvalue weighted by molar-refractivity contribution is 7.90. The highest BCUT2D eigenvalue weighted by Gasteiger charge is 2.15. The van der Waals surface area contributed by atoms with Gasteiger partial charge in [0.1, 0.15) is 5.75 Å². The van der Waals surface area contributed by atoms with Gasteiger partial charge < -0.3 is 10.1 Å². The van der Waals surface area contributed by atoms with Crippen LogP contribution in [0.5, 0.6) is 5.75 Å². The van der Waals surface area contributed by atoms with Crippen molar-refractivity contribution in [3.05, 3.63) is 53.1 Å². The van der Waals surface area contributed by atoms with E-state index in [9.17, 15) is 18.0 Å². The van der Waals surface area contributed by atoms with Crippen LogP contribution in [0.25, 0.3) is 0 Å². The fourth-order valence-corrected chi connectivity index (χ4v) is 3.65. The molecule has 2 rings (SSSR count). The molecule has 0 atom stereocenters. The Balaban J connectivity index is 2.01. The Bertz CT molecular complexity index is 1040. The summed E-state index contributed by atoms with van der Waals surface area (Å²) in [7, 11) is -3.92. The highest BCUT2D eigenvalue weighted by Crippen LogP contribution is 2.25. The van der Waals surface area contributed by atoms with E-state index >= 15 is 0 Å². The van der Waals surface area contributed by atoms with Gasteiger partial charge in [-0.3, -0.25) is 14.9 Å². The summed E-state index contributed by atoms with van der Waals surface area (Å²) in [4.78, 5) is 23.2. The first-order chi connectivity index (χ1) is 13.6. The summed E-state index contributed by atoms with van der Waals surface area (Å²) in [5, 5.41) is 5.58. The number of nitrogens with one attached hydrogen (secondary N) is 3. The maximum Gasteiger partial charge on any atom is 0.264 e. The summed E-state index contributed by atoms with van der Waals surface area (Å²) < 4.78 is 31.0. The molecule has 8 nitrogen and oxygen atoms in total. The summed E-state index contributed by atoms with van der Waals surface area (Å²) in [5.74, 6) is -0.691. The van der Waals surface area contributed by atoms with E-state index in [-0.39, 0.29) is 10.0 Å². The maximum absolute atomic E-state index is 12.3. The van der Waals surface area contributed by atoms with Crippen LogP contribution < -0.4 is 20.1 Å². The van der Waals surface area contributed by atoms with Crippen molar-refractivity contribution in [2.45, 2.75) is 18.7 Å².